The zero-order valence-electron chi connectivity index (χ0n) is 17.1. The van der Waals surface area contributed by atoms with Crippen molar-refractivity contribution in [2.45, 2.75) is 19.4 Å². The molecule has 2 rings (SSSR count). The van der Waals surface area contributed by atoms with Crippen molar-refractivity contribution in [3.05, 3.63) is 58.6 Å². The fraction of sp³-hybridized carbons (Fsp3) is 0.409. The number of methoxy groups -OCH3 is 2. The summed E-state index contributed by atoms with van der Waals surface area (Å²) in [5.41, 5.74) is 2.12. The van der Waals surface area contributed by atoms with E-state index in [0.717, 1.165) is 17.7 Å². The molecular weight excluding hydrogens is 376 g/mol. The van der Waals surface area contributed by atoms with Crippen molar-refractivity contribution in [2.24, 2.45) is 0 Å². The molecule has 2 aromatic rings. The van der Waals surface area contributed by atoms with Gasteiger partial charge in [0.25, 0.3) is 0 Å². The van der Waals surface area contributed by atoms with Gasteiger partial charge in [-0.1, -0.05) is 29.8 Å². The summed E-state index contributed by atoms with van der Waals surface area (Å²) in [5.74, 6) is 1.50. The third-order valence-electron chi connectivity index (χ3n) is 4.53. The van der Waals surface area contributed by atoms with Gasteiger partial charge in [-0.25, -0.2) is 0 Å². The van der Waals surface area contributed by atoms with Crippen LogP contribution in [0.5, 0.6) is 11.5 Å². The zero-order chi connectivity index (χ0) is 20.5. The molecule has 0 saturated heterocycles. The van der Waals surface area contributed by atoms with Crippen molar-refractivity contribution >= 4 is 17.5 Å². The van der Waals surface area contributed by atoms with Crippen LogP contribution in [0.3, 0.4) is 0 Å². The van der Waals surface area contributed by atoms with E-state index in [0.29, 0.717) is 42.5 Å². The number of amides is 1. The van der Waals surface area contributed by atoms with Crippen LogP contribution in [0, 0.1) is 0 Å². The summed E-state index contributed by atoms with van der Waals surface area (Å²) < 4.78 is 10.6. The fourth-order valence-electron chi connectivity index (χ4n) is 2.87. The van der Waals surface area contributed by atoms with Crippen LogP contribution >= 0.6 is 11.6 Å². The molecule has 0 atom stereocenters. The largest absolute Gasteiger partial charge is 0.493 e. The van der Waals surface area contributed by atoms with E-state index in [2.05, 4.69) is 4.90 Å². The lowest BCUT2D eigenvalue weighted by Crippen LogP contribution is -2.36. The second kappa shape index (κ2) is 10.9. The summed E-state index contributed by atoms with van der Waals surface area (Å²) in [5, 5.41) is 0.698. The Labute approximate surface area is 172 Å². The van der Waals surface area contributed by atoms with E-state index in [1.807, 2.05) is 61.5 Å². The Kier molecular flexibility index (Phi) is 8.61. The fourth-order valence-corrected chi connectivity index (χ4v) is 2.99. The Morgan fingerprint density at radius 1 is 0.929 bits per heavy atom. The molecule has 2 aromatic carbocycles. The van der Waals surface area contributed by atoms with Crippen molar-refractivity contribution in [3.63, 3.8) is 0 Å². The van der Waals surface area contributed by atoms with E-state index in [4.69, 9.17) is 21.1 Å². The number of hydrogen-bond acceptors (Lipinski definition) is 4. The van der Waals surface area contributed by atoms with Gasteiger partial charge in [-0.15, -0.1) is 0 Å². The minimum Gasteiger partial charge on any atom is -0.493 e. The summed E-state index contributed by atoms with van der Waals surface area (Å²) >= 11 is 5.97. The van der Waals surface area contributed by atoms with Gasteiger partial charge in [0, 0.05) is 31.1 Å². The summed E-state index contributed by atoms with van der Waals surface area (Å²) in [6, 6.07) is 13.4. The highest BCUT2D eigenvalue weighted by atomic mass is 35.5. The number of halogens is 1. The Morgan fingerprint density at radius 2 is 1.57 bits per heavy atom. The topological polar surface area (TPSA) is 42.0 Å². The molecular formula is C22H29ClN2O3. The highest BCUT2D eigenvalue weighted by Gasteiger charge is 2.15. The van der Waals surface area contributed by atoms with Crippen LogP contribution in [0.4, 0.5) is 0 Å². The molecule has 0 fully saturated rings. The number of carbonyl (C=O) groups is 1. The first kappa shape index (κ1) is 22.1. The molecule has 0 aliphatic heterocycles. The van der Waals surface area contributed by atoms with Gasteiger partial charge in [0.05, 0.1) is 14.2 Å². The smallest absolute Gasteiger partial charge is 0.223 e. The summed E-state index contributed by atoms with van der Waals surface area (Å²) in [4.78, 5) is 16.9. The van der Waals surface area contributed by atoms with E-state index in [1.165, 1.54) is 0 Å². The first-order chi connectivity index (χ1) is 13.4. The van der Waals surface area contributed by atoms with E-state index in [-0.39, 0.29) is 5.91 Å². The highest BCUT2D eigenvalue weighted by Crippen LogP contribution is 2.28. The van der Waals surface area contributed by atoms with Gasteiger partial charge < -0.3 is 19.3 Å². The molecule has 0 aromatic heterocycles. The molecule has 0 spiro atoms. The lowest BCUT2D eigenvalue weighted by molar-refractivity contribution is -0.131. The molecule has 0 bridgehead atoms. The van der Waals surface area contributed by atoms with E-state index < -0.39 is 0 Å². The quantitative estimate of drug-likeness (QED) is 0.602. The maximum absolute atomic E-state index is 12.9. The highest BCUT2D eigenvalue weighted by molar-refractivity contribution is 6.30. The van der Waals surface area contributed by atoms with Gasteiger partial charge >= 0.3 is 0 Å². The number of ether oxygens (including phenoxy) is 2. The van der Waals surface area contributed by atoms with Crippen molar-refractivity contribution < 1.29 is 14.3 Å². The number of aryl methyl sites for hydroxylation is 1. The third kappa shape index (κ3) is 6.73. The second-order valence-electron chi connectivity index (χ2n) is 6.93. The van der Waals surface area contributed by atoms with E-state index in [9.17, 15) is 4.79 Å². The number of likely N-dealkylation sites (N-methyl/N-ethyl adjacent to an activating group) is 1. The molecule has 0 aliphatic rings. The minimum atomic E-state index is 0.131. The van der Waals surface area contributed by atoms with Gasteiger partial charge in [0.1, 0.15) is 0 Å². The molecule has 6 heteroatoms. The SMILES string of the molecule is COc1ccc(CCC(=O)N(CCN(C)C)Cc2ccc(Cl)cc2)cc1OC. The molecule has 0 N–H and O–H groups in total. The second-order valence-corrected chi connectivity index (χ2v) is 7.37. The number of hydrogen-bond donors (Lipinski definition) is 0. The van der Waals surface area contributed by atoms with Gasteiger partial charge in [-0.3, -0.25) is 4.79 Å². The van der Waals surface area contributed by atoms with Crippen LogP contribution in [-0.4, -0.2) is 57.1 Å². The lowest BCUT2D eigenvalue weighted by Gasteiger charge is -2.25. The van der Waals surface area contributed by atoms with Gasteiger partial charge in [0.15, 0.2) is 11.5 Å². The van der Waals surface area contributed by atoms with Gasteiger partial charge in [-0.2, -0.15) is 0 Å². The zero-order valence-corrected chi connectivity index (χ0v) is 17.8. The summed E-state index contributed by atoms with van der Waals surface area (Å²) in [6.45, 7) is 2.08. The van der Waals surface area contributed by atoms with E-state index in [1.54, 1.807) is 14.2 Å². The van der Waals surface area contributed by atoms with Gasteiger partial charge in [0.2, 0.25) is 5.91 Å². The maximum atomic E-state index is 12.9. The molecule has 1 amide bonds. The molecule has 0 unspecified atom stereocenters. The average Bonchev–Trinajstić information content (AvgIpc) is 2.70. The maximum Gasteiger partial charge on any atom is 0.223 e. The Morgan fingerprint density at radius 3 is 2.18 bits per heavy atom. The summed E-state index contributed by atoms with van der Waals surface area (Å²) in [7, 11) is 7.24. The Hall–Kier alpha value is -2.24. The molecule has 0 radical (unpaired) electrons. The predicted molar refractivity (Wildman–Crippen MR) is 113 cm³/mol. The third-order valence-corrected chi connectivity index (χ3v) is 4.78. The summed E-state index contributed by atoms with van der Waals surface area (Å²) in [6.07, 6.45) is 1.09. The molecule has 152 valence electrons. The molecule has 0 aliphatic carbocycles. The standard InChI is InChI=1S/C22H29ClN2O3/c1-24(2)13-14-25(16-18-5-9-19(23)10-6-18)22(26)12-8-17-7-11-20(27-3)21(15-17)28-4/h5-7,9-11,15H,8,12-14,16H2,1-4H3. The van der Waals surface area contributed by atoms with Crippen molar-refractivity contribution in [1.82, 2.24) is 9.80 Å². The normalized spacial score (nSPS) is 10.8. The van der Waals surface area contributed by atoms with Crippen LogP contribution in [0.2, 0.25) is 5.02 Å². The minimum absolute atomic E-state index is 0.131. The number of carbonyl (C=O) groups excluding carboxylic acids is 1. The van der Waals surface area contributed by atoms with Crippen molar-refractivity contribution in [2.75, 3.05) is 41.4 Å². The average molecular weight is 405 g/mol. The molecule has 0 saturated carbocycles. The predicted octanol–water partition coefficient (Wildman–Crippen LogP) is 3.88. The number of nitrogens with zero attached hydrogens (tertiary/aromatic N) is 2. The van der Waals surface area contributed by atoms with E-state index >= 15 is 0 Å². The Bertz CT molecular complexity index is 763. The number of rotatable bonds is 10. The first-order valence-electron chi connectivity index (χ1n) is 9.30. The van der Waals surface area contributed by atoms with Crippen LogP contribution in [-0.2, 0) is 17.8 Å². The van der Waals surface area contributed by atoms with Crippen LogP contribution in [0.1, 0.15) is 17.5 Å². The van der Waals surface area contributed by atoms with Gasteiger partial charge in [-0.05, 0) is 55.9 Å². The van der Waals surface area contributed by atoms with Crippen molar-refractivity contribution in [3.8, 4) is 11.5 Å². The molecule has 5 nitrogen and oxygen atoms in total. The number of benzene rings is 2. The van der Waals surface area contributed by atoms with Crippen LogP contribution in [0.25, 0.3) is 0 Å². The van der Waals surface area contributed by atoms with Crippen molar-refractivity contribution in [1.29, 1.82) is 0 Å². The van der Waals surface area contributed by atoms with Crippen LogP contribution < -0.4 is 9.47 Å². The Balaban J connectivity index is 2.03. The molecule has 0 heterocycles. The monoisotopic (exact) mass is 404 g/mol. The lowest BCUT2D eigenvalue weighted by atomic mass is 10.1. The van der Waals surface area contributed by atoms with Crippen LogP contribution in [0.15, 0.2) is 42.5 Å². The molecule has 28 heavy (non-hydrogen) atoms. The first-order valence-corrected chi connectivity index (χ1v) is 9.68.